The quantitative estimate of drug-likeness (QED) is 0.463. The highest BCUT2D eigenvalue weighted by Gasteiger charge is 2.18. The Hall–Kier alpha value is -0.850. The van der Waals surface area contributed by atoms with Crippen molar-refractivity contribution in [3.63, 3.8) is 0 Å². The lowest BCUT2D eigenvalue weighted by molar-refractivity contribution is 0.266. The Kier molecular flexibility index (Phi) is 7.42. The number of benzene rings is 1. The van der Waals surface area contributed by atoms with Gasteiger partial charge in [0.15, 0.2) is 5.96 Å². The van der Waals surface area contributed by atoms with E-state index >= 15 is 0 Å². The van der Waals surface area contributed by atoms with Crippen molar-refractivity contribution in [1.29, 1.82) is 0 Å². The van der Waals surface area contributed by atoms with Crippen LogP contribution in [0.2, 0.25) is 0 Å². The molecule has 0 aliphatic carbocycles. The van der Waals surface area contributed by atoms with Gasteiger partial charge in [0.05, 0.1) is 0 Å². The molecule has 1 aromatic rings. The van der Waals surface area contributed by atoms with Crippen LogP contribution in [0.1, 0.15) is 30.9 Å². The van der Waals surface area contributed by atoms with Crippen molar-refractivity contribution in [3.8, 4) is 0 Å². The first-order valence-corrected chi connectivity index (χ1v) is 7.30. The molecule has 0 saturated carbocycles. The average molecular weight is 405 g/mol. The Morgan fingerprint density at radius 2 is 2.24 bits per heavy atom. The zero-order chi connectivity index (χ0) is 14.5. The van der Waals surface area contributed by atoms with Crippen LogP contribution in [-0.4, -0.2) is 31.0 Å². The molecule has 1 aromatic carbocycles. The molecule has 0 aromatic heterocycles. The number of rotatable bonds is 2. The fourth-order valence-corrected chi connectivity index (χ4v) is 2.64. The number of aliphatic imine (C=N–C) groups is 1. The van der Waals surface area contributed by atoms with Gasteiger partial charge in [-0.25, -0.2) is 4.39 Å². The van der Waals surface area contributed by atoms with Crippen LogP contribution in [0.5, 0.6) is 0 Å². The van der Waals surface area contributed by atoms with Crippen molar-refractivity contribution in [2.45, 2.75) is 33.2 Å². The third kappa shape index (κ3) is 5.13. The molecule has 1 aliphatic heterocycles. The standard InChI is InChI=1S/C16H24FN3.HI/c1-12-5-4-8-20(11-12)16(18-3)19-10-14-7-6-13(2)15(17)9-14;/h6-7,9,12H,4-5,8,10-11H2,1-3H3,(H,18,19);1H. The summed E-state index contributed by atoms with van der Waals surface area (Å²) in [5.41, 5.74) is 1.63. The molecule has 1 saturated heterocycles. The van der Waals surface area contributed by atoms with Crippen molar-refractivity contribution >= 4 is 29.9 Å². The van der Waals surface area contributed by atoms with Crippen LogP contribution in [-0.2, 0) is 6.54 Å². The normalized spacial score (nSPS) is 19.1. The van der Waals surface area contributed by atoms with Gasteiger partial charge < -0.3 is 10.2 Å². The lowest BCUT2D eigenvalue weighted by Crippen LogP contribution is -2.45. The lowest BCUT2D eigenvalue weighted by Gasteiger charge is -2.33. The van der Waals surface area contributed by atoms with E-state index in [0.29, 0.717) is 18.0 Å². The van der Waals surface area contributed by atoms with Gasteiger partial charge in [0.1, 0.15) is 5.82 Å². The number of halogens is 2. The molecule has 0 radical (unpaired) electrons. The van der Waals surface area contributed by atoms with E-state index in [1.54, 1.807) is 20.0 Å². The third-order valence-corrected chi connectivity index (χ3v) is 3.86. The summed E-state index contributed by atoms with van der Waals surface area (Å²) in [6, 6.07) is 5.37. The van der Waals surface area contributed by atoms with E-state index in [-0.39, 0.29) is 29.8 Å². The smallest absolute Gasteiger partial charge is 0.193 e. The zero-order valence-electron chi connectivity index (χ0n) is 13.0. The summed E-state index contributed by atoms with van der Waals surface area (Å²) in [5, 5.41) is 3.33. The largest absolute Gasteiger partial charge is 0.352 e. The first kappa shape index (κ1) is 18.2. The predicted octanol–water partition coefficient (Wildman–Crippen LogP) is 3.56. The number of hydrogen-bond acceptors (Lipinski definition) is 1. The topological polar surface area (TPSA) is 27.6 Å². The molecule has 2 rings (SSSR count). The number of nitrogens with zero attached hydrogens (tertiary/aromatic N) is 2. The molecule has 0 spiro atoms. The van der Waals surface area contributed by atoms with Gasteiger partial charge in [-0.3, -0.25) is 4.99 Å². The molecular formula is C16H25FIN3. The van der Waals surface area contributed by atoms with Crippen molar-refractivity contribution in [2.24, 2.45) is 10.9 Å². The number of likely N-dealkylation sites (tertiary alicyclic amines) is 1. The molecule has 5 heteroatoms. The summed E-state index contributed by atoms with van der Waals surface area (Å²) in [7, 11) is 1.80. The molecule has 0 bridgehead atoms. The van der Waals surface area contributed by atoms with Crippen molar-refractivity contribution in [3.05, 3.63) is 35.1 Å². The summed E-state index contributed by atoms with van der Waals surface area (Å²) >= 11 is 0. The molecule has 1 N–H and O–H groups in total. The summed E-state index contributed by atoms with van der Waals surface area (Å²) in [5.74, 6) is 1.47. The summed E-state index contributed by atoms with van der Waals surface area (Å²) in [4.78, 5) is 6.63. The minimum absolute atomic E-state index is 0. The van der Waals surface area contributed by atoms with Gasteiger partial charge >= 0.3 is 0 Å². The molecule has 1 atom stereocenters. The number of guanidine groups is 1. The second-order valence-electron chi connectivity index (χ2n) is 5.68. The Labute approximate surface area is 144 Å². The minimum atomic E-state index is -0.147. The molecule has 1 aliphatic rings. The minimum Gasteiger partial charge on any atom is -0.352 e. The maximum atomic E-state index is 13.5. The van der Waals surface area contributed by atoms with E-state index in [0.717, 1.165) is 24.6 Å². The van der Waals surface area contributed by atoms with Gasteiger partial charge in [-0.1, -0.05) is 19.1 Å². The maximum absolute atomic E-state index is 13.5. The number of hydrogen-bond donors (Lipinski definition) is 1. The van der Waals surface area contributed by atoms with Crippen LogP contribution in [0.3, 0.4) is 0 Å². The van der Waals surface area contributed by atoms with Crippen molar-refractivity contribution in [2.75, 3.05) is 20.1 Å². The van der Waals surface area contributed by atoms with Crippen molar-refractivity contribution < 1.29 is 4.39 Å². The Morgan fingerprint density at radius 3 is 2.86 bits per heavy atom. The summed E-state index contributed by atoms with van der Waals surface area (Å²) in [6.45, 7) is 6.75. The van der Waals surface area contributed by atoms with E-state index in [4.69, 9.17) is 0 Å². The zero-order valence-corrected chi connectivity index (χ0v) is 15.4. The van der Waals surface area contributed by atoms with Crippen LogP contribution in [0, 0.1) is 18.7 Å². The van der Waals surface area contributed by atoms with Gasteiger partial charge in [-0.05, 0) is 42.9 Å². The van der Waals surface area contributed by atoms with Crippen LogP contribution in [0.4, 0.5) is 4.39 Å². The highest BCUT2D eigenvalue weighted by Crippen LogP contribution is 2.15. The third-order valence-electron chi connectivity index (χ3n) is 3.86. The fourth-order valence-electron chi connectivity index (χ4n) is 2.64. The van der Waals surface area contributed by atoms with E-state index in [1.165, 1.54) is 12.8 Å². The van der Waals surface area contributed by atoms with Gasteiger partial charge in [-0.15, -0.1) is 24.0 Å². The Bertz CT molecular complexity index is 490. The number of piperidine rings is 1. The highest BCUT2D eigenvalue weighted by molar-refractivity contribution is 14.0. The first-order valence-electron chi connectivity index (χ1n) is 7.30. The second kappa shape index (κ2) is 8.56. The van der Waals surface area contributed by atoms with E-state index in [2.05, 4.69) is 22.1 Å². The fraction of sp³-hybridized carbons (Fsp3) is 0.562. The second-order valence-corrected chi connectivity index (χ2v) is 5.68. The van der Waals surface area contributed by atoms with Gasteiger partial charge in [0, 0.05) is 26.7 Å². The molecule has 1 heterocycles. The molecule has 1 fully saturated rings. The van der Waals surface area contributed by atoms with E-state index in [9.17, 15) is 4.39 Å². The van der Waals surface area contributed by atoms with Crippen molar-refractivity contribution in [1.82, 2.24) is 10.2 Å². The SMILES string of the molecule is CN=C(NCc1ccc(C)c(F)c1)N1CCCC(C)C1.I. The molecule has 21 heavy (non-hydrogen) atoms. The molecule has 1 unspecified atom stereocenters. The Balaban J connectivity index is 0.00000220. The van der Waals surface area contributed by atoms with Crippen LogP contribution < -0.4 is 5.32 Å². The molecule has 118 valence electrons. The lowest BCUT2D eigenvalue weighted by atomic mass is 10.0. The summed E-state index contributed by atoms with van der Waals surface area (Å²) in [6.07, 6.45) is 2.50. The van der Waals surface area contributed by atoms with Gasteiger partial charge in [-0.2, -0.15) is 0 Å². The Morgan fingerprint density at radius 1 is 1.48 bits per heavy atom. The predicted molar refractivity (Wildman–Crippen MR) is 96.7 cm³/mol. The number of aryl methyl sites for hydroxylation is 1. The maximum Gasteiger partial charge on any atom is 0.193 e. The molecule has 0 amide bonds. The number of nitrogens with one attached hydrogen (secondary N) is 1. The first-order chi connectivity index (χ1) is 9.60. The van der Waals surface area contributed by atoms with Crippen LogP contribution in [0.15, 0.2) is 23.2 Å². The van der Waals surface area contributed by atoms with Crippen LogP contribution in [0.25, 0.3) is 0 Å². The molecule has 3 nitrogen and oxygen atoms in total. The van der Waals surface area contributed by atoms with Crippen LogP contribution >= 0.6 is 24.0 Å². The van der Waals surface area contributed by atoms with E-state index < -0.39 is 0 Å². The highest BCUT2D eigenvalue weighted by atomic mass is 127. The van der Waals surface area contributed by atoms with Gasteiger partial charge in [0.25, 0.3) is 0 Å². The van der Waals surface area contributed by atoms with Gasteiger partial charge in [0.2, 0.25) is 0 Å². The average Bonchev–Trinajstić information content (AvgIpc) is 2.43. The molecular weight excluding hydrogens is 380 g/mol. The monoisotopic (exact) mass is 405 g/mol. The van der Waals surface area contributed by atoms with E-state index in [1.807, 2.05) is 12.1 Å². The summed E-state index contributed by atoms with van der Waals surface area (Å²) < 4.78 is 13.5.